The Morgan fingerprint density at radius 3 is 2.83 bits per heavy atom. The van der Waals surface area contributed by atoms with Crippen LogP contribution in [0.4, 0.5) is 0 Å². The number of hydrogen-bond donors (Lipinski definition) is 1. The Labute approximate surface area is 110 Å². The van der Waals surface area contributed by atoms with E-state index in [0.717, 1.165) is 0 Å². The summed E-state index contributed by atoms with van der Waals surface area (Å²) in [6.45, 7) is -0.0277. The minimum atomic E-state index is -3.68. The van der Waals surface area contributed by atoms with Gasteiger partial charge < -0.3 is 4.74 Å². The van der Waals surface area contributed by atoms with Crippen molar-refractivity contribution < 1.29 is 17.9 Å². The van der Waals surface area contributed by atoms with Crippen molar-refractivity contribution in [2.45, 2.75) is 17.2 Å². The maximum atomic E-state index is 11.8. The average Bonchev–Trinajstić information content (AvgIpc) is 2.38. The van der Waals surface area contributed by atoms with Crippen LogP contribution >= 0.6 is 11.6 Å². The van der Waals surface area contributed by atoms with Crippen LogP contribution < -0.4 is 4.72 Å². The van der Waals surface area contributed by atoms with Gasteiger partial charge >= 0.3 is 5.97 Å². The molecule has 0 fully saturated rings. The third-order valence-corrected chi connectivity index (χ3v) is 3.82. The fraction of sp³-hybridized carbons (Fsp3) is 0.400. The van der Waals surface area contributed by atoms with E-state index in [2.05, 4.69) is 14.4 Å². The van der Waals surface area contributed by atoms with Gasteiger partial charge in [0, 0.05) is 24.8 Å². The number of aromatic nitrogens is 1. The normalized spacial score (nSPS) is 11.2. The molecule has 0 aromatic carbocycles. The van der Waals surface area contributed by atoms with E-state index in [1.54, 1.807) is 0 Å². The van der Waals surface area contributed by atoms with E-state index in [-0.39, 0.29) is 23.7 Å². The van der Waals surface area contributed by atoms with Crippen LogP contribution in [0.2, 0.25) is 0 Å². The summed E-state index contributed by atoms with van der Waals surface area (Å²) in [4.78, 5) is 14.7. The number of nitrogens with zero attached hydrogens (tertiary/aromatic N) is 1. The highest BCUT2D eigenvalue weighted by atomic mass is 35.5. The van der Waals surface area contributed by atoms with E-state index in [4.69, 9.17) is 11.6 Å². The van der Waals surface area contributed by atoms with Crippen molar-refractivity contribution in [3.8, 4) is 0 Å². The summed E-state index contributed by atoms with van der Waals surface area (Å²) in [5.41, 5.74) is 0.604. The van der Waals surface area contributed by atoms with Gasteiger partial charge in [-0.15, -0.1) is 11.6 Å². The minimum absolute atomic E-state index is 0.0190. The first-order valence-corrected chi connectivity index (χ1v) is 7.07. The molecule has 100 valence electrons. The molecular weight excluding hydrogens is 280 g/mol. The maximum Gasteiger partial charge on any atom is 0.306 e. The lowest BCUT2D eigenvalue weighted by Crippen LogP contribution is -2.26. The van der Waals surface area contributed by atoms with Gasteiger partial charge in [0.15, 0.2) is 0 Å². The van der Waals surface area contributed by atoms with Gasteiger partial charge in [0.05, 0.1) is 13.5 Å². The van der Waals surface area contributed by atoms with Crippen molar-refractivity contribution in [1.29, 1.82) is 0 Å². The molecule has 0 amide bonds. The molecule has 0 unspecified atom stereocenters. The first kappa shape index (κ1) is 14.9. The van der Waals surface area contributed by atoms with Gasteiger partial charge in [-0.3, -0.25) is 9.78 Å². The van der Waals surface area contributed by atoms with Crippen LogP contribution in [0.5, 0.6) is 0 Å². The number of ether oxygens (including phenoxy) is 1. The van der Waals surface area contributed by atoms with Crippen LogP contribution in [-0.4, -0.2) is 33.0 Å². The second kappa shape index (κ2) is 6.67. The first-order valence-electron chi connectivity index (χ1n) is 5.06. The van der Waals surface area contributed by atoms with Gasteiger partial charge in [-0.25, -0.2) is 13.1 Å². The topological polar surface area (TPSA) is 85.4 Å². The summed E-state index contributed by atoms with van der Waals surface area (Å²) in [7, 11) is -2.43. The summed E-state index contributed by atoms with van der Waals surface area (Å²) in [5.74, 6) is -0.302. The highest BCUT2D eigenvalue weighted by molar-refractivity contribution is 7.89. The van der Waals surface area contributed by atoms with Crippen LogP contribution in [0.3, 0.4) is 0 Å². The molecule has 1 aromatic rings. The zero-order valence-electron chi connectivity index (χ0n) is 9.72. The predicted molar refractivity (Wildman–Crippen MR) is 65.6 cm³/mol. The molecular formula is C10H13ClN2O4S. The molecule has 18 heavy (non-hydrogen) atoms. The van der Waals surface area contributed by atoms with E-state index in [0.29, 0.717) is 5.56 Å². The Bertz CT molecular complexity index is 518. The number of nitrogens with one attached hydrogen (secondary N) is 1. The highest BCUT2D eigenvalue weighted by Gasteiger charge is 2.15. The Hall–Kier alpha value is -1.18. The van der Waals surface area contributed by atoms with Gasteiger partial charge in [-0.1, -0.05) is 0 Å². The molecule has 1 rings (SSSR count). The Kier molecular flexibility index (Phi) is 5.52. The summed E-state index contributed by atoms with van der Waals surface area (Å²) < 4.78 is 30.3. The number of sulfonamides is 1. The molecule has 0 saturated carbocycles. The lowest BCUT2D eigenvalue weighted by molar-refractivity contribution is -0.140. The quantitative estimate of drug-likeness (QED) is 0.615. The smallest absolute Gasteiger partial charge is 0.306 e. The number of carbonyl (C=O) groups is 1. The molecule has 1 heterocycles. The Morgan fingerprint density at radius 1 is 1.50 bits per heavy atom. The van der Waals surface area contributed by atoms with Crippen LogP contribution in [-0.2, 0) is 25.4 Å². The number of rotatable bonds is 6. The molecule has 6 nitrogen and oxygen atoms in total. The summed E-state index contributed by atoms with van der Waals surface area (Å²) in [5, 5.41) is 0. The van der Waals surface area contributed by atoms with Crippen molar-refractivity contribution in [2.75, 3.05) is 13.7 Å². The molecule has 0 radical (unpaired) electrons. The van der Waals surface area contributed by atoms with Crippen LogP contribution in [0.1, 0.15) is 12.0 Å². The molecule has 0 atom stereocenters. The molecule has 0 aliphatic rings. The first-order chi connectivity index (χ1) is 8.49. The van der Waals surface area contributed by atoms with Crippen molar-refractivity contribution in [3.05, 3.63) is 24.0 Å². The third-order valence-electron chi connectivity index (χ3n) is 2.08. The number of pyridine rings is 1. The molecule has 0 aliphatic carbocycles. The lowest BCUT2D eigenvalue weighted by Gasteiger charge is -2.06. The van der Waals surface area contributed by atoms with Gasteiger partial charge in [0.2, 0.25) is 10.0 Å². The van der Waals surface area contributed by atoms with E-state index < -0.39 is 16.0 Å². The lowest BCUT2D eigenvalue weighted by atomic mass is 10.3. The van der Waals surface area contributed by atoms with Crippen LogP contribution in [0, 0.1) is 0 Å². The van der Waals surface area contributed by atoms with Crippen molar-refractivity contribution >= 4 is 27.6 Å². The van der Waals surface area contributed by atoms with Crippen LogP contribution in [0.15, 0.2) is 23.4 Å². The van der Waals surface area contributed by atoms with Gasteiger partial charge in [-0.2, -0.15) is 0 Å². The van der Waals surface area contributed by atoms with E-state index in [9.17, 15) is 13.2 Å². The van der Waals surface area contributed by atoms with E-state index in [1.807, 2.05) is 0 Å². The van der Waals surface area contributed by atoms with Gasteiger partial charge in [-0.05, 0) is 11.6 Å². The second-order valence-electron chi connectivity index (χ2n) is 3.39. The number of carbonyl (C=O) groups excluding carboxylic acids is 1. The fourth-order valence-corrected chi connectivity index (χ4v) is 2.35. The SMILES string of the molecule is COC(=O)CCNS(=O)(=O)c1cncc(CCl)c1. The Balaban J connectivity index is 2.71. The number of halogens is 1. The summed E-state index contributed by atoms with van der Waals surface area (Å²) in [6, 6.07) is 1.43. The molecule has 1 N–H and O–H groups in total. The number of methoxy groups -OCH3 is 1. The molecule has 0 spiro atoms. The second-order valence-corrected chi connectivity index (χ2v) is 5.42. The van der Waals surface area contributed by atoms with E-state index in [1.165, 1.54) is 25.6 Å². The molecule has 0 aliphatic heterocycles. The third kappa shape index (κ3) is 4.25. The zero-order valence-corrected chi connectivity index (χ0v) is 11.3. The summed E-state index contributed by atoms with van der Waals surface area (Å²) in [6.07, 6.45) is 2.68. The summed E-state index contributed by atoms with van der Waals surface area (Å²) >= 11 is 5.60. The molecule has 8 heteroatoms. The van der Waals surface area contributed by atoms with Crippen molar-refractivity contribution in [1.82, 2.24) is 9.71 Å². The molecule has 0 saturated heterocycles. The number of alkyl halides is 1. The predicted octanol–water partition coefficient (Wildman–Crippen LogP) is 0.662. The van der Waals surface area contributed by atoms with Gasteiger partial charge in [0.1, 0.15) is 4.90 Å². The zero-order chi connectivity index (χ0) is 13.6. The van der Waals surface area contributed by atoms with Crippen molar-refractivity contribution in [3.63, 3.8) is 0 Å². The van der Waals surface area contributed by atoms with Gasteiger partial charge in [0.25, 0.3) is 0 Å². The standard InChI is InChI=1S/C10H13ClN2O4S/c1-17-10(14)2-3-13-18(15,16)9-4-8(5-11)6-12-7-9/h4,6-7,13H,2-3,5H2,1H3. The number of hydrogen-bond acceptors (Lipinski definition) is 5. The number of esters is 1. The fourth-order valence-electron chi connectivity index (χ4n) is 1.16. The largest absolute Gasteiger partial charge is 0.469 e. The molecule has 0 bridgehead atoms. The van der Waals surface area contributed by atoms with E-state index >= 15 is 0 Å². The highest BCUT2D eigenvalue weighted by Crippen LogP contribution is 2.11. The monoisotopic (exact) mass is 292 g/mol. The average molecular weight is 293 g/mol. The molecule has 1 aromatic heterocycles. The van der Waals surface area contributed by atoms with Crippen molar-refractivity contribution in [2.24, 2.45) is 0 Å². The Morgan fingerprint density at radius 2 is 2.22 bits per heavy atom. The van der Waals surface area contributed by atoms with Crippen LogP contribution in [0.25, 0.3) is 0 Å². The minimum Gasteiger partial charge on any atom is -0.469 e. The maximum absolute atomic E-state index is 11.8.